The molecule has 0 saturated heterocycles. The van der Waals surface area contributed by atoms with E-state index in [0.717, 1.165) is 5.69 Å². The van der Waals surface area contributed by atoms with Crippen molar-refractivity contribution in [2.24, 2.45) is 7.05 Å². The molecular formula is C13H15FN2O2. The molecule has 1 atom stereocenters. The number of halogens is 1. The SMILES string of the molecule is COc1ccc(C(O)Cc2ccn(C)n2)c(F)c1. The minimum Gasteiger partial charge on any atom is -0.497 e. The lowest BCUT2D eigenvalue weighted by atomic mass is 10.0. The van der Waals surface area contributed by atoms with E-state index >= 15 is 0 Å². The van der Waals surface area contributed by atoms with Gasteiger partial charge in [-0.15, -0.1) is 0 Å². The Hall–Kier alpha value is -1.88. The van der Waals surface area contributed by atoms with Gasteiger partial charge in [0.25, 0.3) is 0 Å². The maximum Gasteiger partial charge on any atom is 0.132 e. The van der Waals surface area contributed by atoms with Crippen molar-refractivity contribution in [2.75, 3.05) is 7.11 Å². The first-order valence-corrected chi connectivity index (χ1v) is 5.60. The smallest absolute Gasteiger partial charge is 0.132 e. The maximum atomic E-state index is 13.7. The number of hydrogen-bond acceptors (Lipinski definition) is 3. The summed E-state index contributed by atoms with van der Waals surface area (Å²) in [6, 6.07) is 6.21. The topological polar surface area (TPSA) is 47.3 Å². The van der Waals surface area contributed by atoms with Crippen molar-refractivity contribution in [3.63, 3.8) is 0 Å². The first-order valence-electron chi connectivity index (χ1n) is 5.60. The van der Waals surface area contributed by atoms with Gasteiger partial charge in [-0.05, 0) is 18.2 Å². The summed E-state index contributed by atoms with van der Waals surface area (Å²) >= 11 is 0. The number of aryl methyl sites for hydroxylation is 1. The van der Waals surface area contributed by atoms with Gasteiger partial charge in [-0.3, -0.25) is 4.68 Å². The van der Waals surface area contributed by atoms with Gasteiger partial charge in [-0.2, -0.15) is 5.10 Å². The summed E-state index contributed by atoms with van der Waals surface area (Å²) in [5.74, 6) is -0.0425. The van der Waals surface area contributed by atoms with Crippen LogP contribution >= 0.6 is 0 Å². The normalized spacial score (nSPS) is 12.4. The predicted octanol–water partition coefficient (Wildman–Crippen LogP) is 1.84. The zero-order valence-corrected chi connectivity index (χ0v) is 10.3. The van der Waals surface area contributed by atoms with Crippen molar-refractivity contribution in [2.45, 2.75) is 12.5 Å². The highest BCUT2D eigenvalue weighted by Crippen LogP contribution is 2.24. The highest BCUT2D eigenvalue weighted by Gasteiger charge is 2.15. The summed E-state index contributed by atoms with van der Waals surface area (Å²) in [6.45, 7) is 0. The molecule has 1 aromatic carbocycles. The van der Waals surface area contributed by atoms with Crippen LogP contribution in [0.4, 0.5) is 4.39 Å². The van der Waals surface area contributed by atoms with Crippen LogP contribution in [0.15, 0.2) is 30.5 Å². The van der Waals surface area contributed by atoms with E-state index < -0.39 is 11.9 Å². The van der Waals surface area contributed by atoms with Gasteiger partial charge < -0.3 is 9.84 Å². The Morgan fingerprint density at radius 3 is 2.78 bits per heavy atom. The lowest BCUT2D eigenvalue weighted by Crippen LogP contribution is -2.05. The molecule has 4 nitrogen and oxygen atoms in total. The van der Waals surface area contributed by atoms with E-state index in [9.17, 15) is 9.50 Å². The van der Waals surface area contributed by atoms with Gasteiger partial charge in [-0.25, -0.2) is 4.39 Å². The largest absolute Gasteiger partial charge is 0.497 e. The maximum absolute atomic E-state index is 13.7. The molecule has 1 heterocycles. The molecule has 0 aliphatic carbocycles. The molecule has 0 bridgehead atoms. The van der Waals surface area contributed by atoms with Crippen LogP contribution in [0, 0.1) is 5.82 Å². The third kappa shape index (κ3) is 2.68. The van der Waals surface area contributed by atoms with Crippen molar-refractivity contribution in [1.82, 2.24) is 9.78 Å². The summed E-state index contributed by atoms with van der Waals surface area (Å²) in [5.41, 5.74) is 0.974. The Balaban J connectivity index is 2.15. The lowest BCUT2D eigenvalue weighted by Gasteiger charge is -2.11. The van der Waals surface area contributed by atoms with E-state index in [-0.39, 0.29) is 12.0 Å². The molecule has 0 fully saturated rings. The summed E-state index contributed by atoms with van der Waals surface area (Å²) in [6.07, 6.45) is 1.15. The molecule has 0 amide bonds. The number of methoxy groups -OCH3 is 1. The number of hydrogen-bond donors (Lipinski definition) is 1. The molecule has 0 aliphatic rings. The predicted molar refractivity (Wildman–Crippen MR) is 64.8 cm³/mol. The van der Waals surface area contributed by atoms with Crippen LogP contribution in [-0.4, -0.2) is 22.0 Å². The Morgan fingerprint density at radius 1 is 1.44 bits per heavy atom. The Morgan fingerprint density at radius 2 is 2.22 bits per heavy atom. The highest BCUT2D eigenvalue weighted by molar-refractivity contribution is 5.30. The molecule has 1 N–H and O–H groups in total. The number of ether oxygens (including phenoxy) is 1. The first kappa shape index (κ1) is 12.6. The molecule has 0 radical (unpaired) electrons. The van der Waals surface area contributed by atoms with Crippen LogP contribution in [0.25, 0.3) is 0 Å². The number of aliphatic hydroxyl groups excluding tert-OH is 1. The van der Waals surface area contributed by atoms with Crippen molar-refractivity contribution < 1.29 is 14.2 Å². The van der Waals surface area contributed by atoms with Crippen molar-refractivity contribution in [3.05, 3.63) is 47.5 Å². The number of aliphatic hydroxyl groups is 1. The second-order valence-electron chi connectivity index (χ2n) is 4.09. The number of aromatic nitrogens is 2. The van der Waals surface area contributed by atoms with Crippen molar-refractivity contribution in [3.8, 4) is 5.75 Å². The van der Waals surface area contributed by atoms with Crippen LogP contribution in [-0.2, 0) is 13.5 Å². The van der Waals surface area contributed by atoms with Gasteiger partial charge in [0.2, 0.25) is 0 Å². The third-order valence-corrected chi connectivity index (χ3v) is 2.74. The Bertz CT molecular complexity index is 540. The lowest BCUT2D eigenvalue weighted by molar-refractivity contribution is 0.172. The van der Waals surface area contributed by atoms with Gasteiger partial charge in [0.05, 0.1) is 18.9 Å². The van der Waals surface area contributed by atoms with E-state index in [4.69, 9.17) is 4.74 Å². The van der Waals surface area contributed by atoms with Gasteiger partial charge in [0, 0.05) is 31.3 Å². The van der Waals surface area contributed by atoms with Crippen LogP contribution in [0.5, 0.6) is 5.75 Å². The average molecular weight is 250 g/mol. The standard InChI is InChI=1S/C13H15FN2O2/c1-16-6-5-9(15-16)7-13(17)11-4-3-10(18-2)8-12(11)14/h3-6,8,13,17H,7H2,1-2H3. The number of nitrogens with zero attached hydrogens (tertiary/aromatic N) is 2. The summed E-state index contributed by atoms with van der Waals surface area (Å²) < 4.78 is 20.3. The molecule has 2 rings (SSSR count). The van der Waals surface area contributed by atoms with E-state index in [1.165, 1.54) is 19.2 Å². The quantitative estimate of drug-likeness (QED) is 0.900. The second kappa shape index (κ2) is 5.18. The minimum absolute atomic E-state index is 0.251. The van der Waals surface area contributed by atoms with Crippen molar-refractivity contribution in [1.29, 1.82) is 0 Å². The Kier molecular flexibility index (Phi) is 3.62. The molecule has 0 spiro atoms. The minimum atomic E-state index is -0.911. The fourth-order valence-electron chi connectivity index (χ4n) is 1.79. The van der Waals surface area contributed by atoms with E-state index in [1.54, 1.807) is 30.1 Å². The van der Waals surface area contributed by atoms with Crippen LogP contribution in [0.1, 0.15) is 17.4 Å². The first-order chi connectivity index (χ1) is 8.60. The summed E-state index contributed by atoms with van der Waals surface area (Å²) in [7, 11) is 3.27. The fraction of sp³-hybridized carbons (Fsp3) is 0.308. The third-order valence-electron chi connectivity index (χ3n) is 2.74. The van der Waals surface area contributed by atoms with Gasteiger partial charge >= 0.3 is 0 Å². The van der Waals surface area contributed by atoms with Gasteiger partial charge in [-0.1, -0.05) is 0 Å². The van der Waals surface area contributed by atoms with E-state index in [2.05, 4.69) is 5.10 Å². The summed E-state index contributed by atoms with van der Waals surface area (Å²) in [4.78, 5) is 0. The second-order valence-corrected chi connectivity index (χ2v) is 4.09. The van der Waals surface area contributed by atoms with Gasteiger partial charge in [0.15, 0.2) is 0 Å². The van der Waals surface area contributed by atoms with Crippen molar-refractivity contribution >= 4 is 0 Å². The van der Waals surface area contributed by atoms with E-state index in [0.29, 0.717) is 5.75 Å². The van der Waals surface area contributed by atoms with E-state index in [1.807, 2.05) is 0 Å². The molecule has 0 saturated carbocycles. The molecule has 0 aliphatic heterocycles. The zero-order valence-electron chi connectivity index (χ0n) is 10.3. The zero-order chi connectivity index (χ0) is 13.1. The molecule has 1 aromatic heterocycles. The van der Waals surface area contributed by atoms with Crippen LogP contribution in [0.3, 0.4) is 0 Å². The number of benzene rings is 1. The molecule has 1 unspecified atom stereocenters. The van der Waals surface area contributed by atoms with Crippen LogP contribution in [0.2, 0.25) is 0 Å². The molecular weight excluding hydrogens is 235 g/mol. The highest BCUT2D eigenvalue weighted by atomic mass is 19.1. The van der Waals surface area contributed by atoms with Crippen LogP contribution < -0.4 is 4.74 Å². The molecule has 18 heavy (non-hydrogen) atoms. The Labute approximate surface area is 105 Å². The average Bonchev–Trinajstić information content (AvgIpc) is 2.74. The monoisotopic (exact) mass is 250 g/mol. The molecule has 2 aromatic rings. The molecule has 96 valence electrons. The van der Waals surface area contributed by atoms with Gasteiger partial charge in [0.1, 0.15) is 11.6 Å². The molecule has 5 heteroatoms. The number of rotatable bonds is 4. The summed E-state index contributed by atoms with van der Waals surface area (Å²) in [5, 5.41) is 14.1. The fourth-order valence-corrected chi connectivity index (χ4v) is 1.79.